The topological polar surface area (TPSA) is 63.6 Å². The molecular formula is C10H10O4Si. The fourth-order valence-electron chi connectivity index (χ4n) is 1.06. The molecule has 0 spiro atoms. The van der Waals surface area contributed by atoms with E-state index in [1.54, 1.807) is 24.3 Å². The number of aliphatic carboxylic acids is 1. The van der Waals surface area contributed by atoms with Crippen LogP contribution < -0.4 is 5.19 Å². The number of carboxylic acids is 1. The molecule has 0 heterocycles. The van der Waals surface area contributed by atoms with Crippen LogP contribution in [-0.4, -0.2) is 26.1 Å². The summed E-state index contributed by atoms with van der Waals surface area (Å²) in [5, 5.41) is 9.21. The fraction of sp³-hybridized carbons (Fsp3) is 0. The lowest BCUT2D eigenvalue weighted by Gasteiger charge is -2.10. The molecule has 4 nitrogen and oxygen atoms in total. The van der Waals surface area contributed by atoms with E-state index < -0.39 is 21.0 Å². The van der Waals surface area contributed by atoms with Crippen LogP contribution in [0, 0.1) is 0 Å². The van der Waals surface area contributed by atoms with Gasteiger partial charge in [0.15, 0.2) is 0 Å². The predicted molar refractivity (Wildman–Crippen MR) is 57.1 cm³/mol. The van der Waals surface area contributed by atoms with Crippen LogP contribution in [0.5, 0.6) is 0 Å². The molecule has 0 saturated heterocycles. The average Bonchev–Trinajstić information content (AvgIpc) is 2.26. The largest absolute Gasteiger partial charge is 0.505 e. The number of hydrogen-bond acceptors (Lipinski definition) is 3. The van der Waals surface area contributed by atoms with Crippen molar-refractivity contribution in [1.82, 2.24) is 0 Å². The SMILES string of the molecule is C=C[SiH](OC(=O)C(=O)O)c1ccccc1. The van der Waals surface area contributed by atoms with Crippen molar-refractivity contribution in [3.05, 3.63) is 42.6 Å². The van der Waals surface area contributed by atoms with Gasteiger partial charge in [0, 0.05) is 0 Å². The highest BCUT2D eigenvalue weighted by Gasteiger charge is 2.20. The molecule has 0 aromatic heterocycles. The number of rotatable bonds is 3. The Balaban J connectivity index is 2.78. The third-order valence-electron chi connectivity index (χ3n) is 1.75. The quantitative estimate of drug-likeness (QED) is 0.576. The van der Waals surface area contributed by atoms with Crippen LogP contribution in [0.3, 0.4) is 0 Å². The van der Waals surface area contributed by atoms with E-state index in [2.05, 4.69) is 6.58 Å². The van der Waals surface area contributed by atoms with E-state index in [9.17, 15) is 9.59 Å². The molecule has 0 amide bonds. The van der Waals surface area contributed by atoms with Gasteiger partial charge in [-0.3, -0.25) is 0 Å². The molecule has 0 bridgehead atoms. The van der Waals surface area contributed by atoms with Crippen molar-refractivity contribution in [1.29, 1.82) is 0 Å². The highest BCUT2D eigenvalue weighted by atomic mass is 28.3. The Morgan fingerprint density at radius 2 is 1.93 bits per heavy atom. The van der Waals surface area contributed by atoms with Crippen molar-refractivity contribution in [2.45, 2.75) is 0 Å². The maximum absolute atomic E-state index is 10.9. The van der Waals surface area contributed by atoms with Crippen LogP contribution in [0.1, 0.15) is 0 Å². The summed E-state index contributed by atoms with van der Waals surface area (Å²) in [6.07, 6.45) is 0. The first kappa shape index (κ1) is 11.2. The molecule has 0 fully saturated rings. The van der Waals surface area contributed by atoms with Crippen molar-refractivity contribution >= 4 is 26.2 Å². The predicted octanol–water partition coefficient (Wildman–Crippen LogP) is -0.0296. The van der Waals surface area contributed by atoms with Gasteiger partial charge in [0.2, 0.25) is 0 Å². The van der Waals surface area contributed by atoms with E-state index >= 15 is 0 Å². The fourth-order valence-corrected chi connectivity index (χ4v) is 2.50. The molecular weight excluding hydrogens is 212 g/mol. The molecule has 1 aromatic rings. The van der Waals surface area contributed by atoms with Gasteiger partial charge in [0.25, 0.3) is 9.04 Å². The van der Waals surface area contributed by atoms with Crippen molar-refractivity contribution in [3.8, 4) is 0 Å². The number of carboxylic acid groups (broad SMARTS) is 1. The van der Waals surface area contributed by atoms with Gasteiger partial charge in [0.05, 0.1) is 0 Å². The maximum Gasteiger partial charge on any atom is 0.413 e. The normalized spacial score (nSPS) is 11.5. The summed E-state index contributed by atoms with van der Waals surface area (Å²) < 4.78 is 4.83. The highest BCUT2D eigenvalue weighted by molar-refractivity contribution is 6.74. The smallest absolute Gasteiger partial charge is 0.413 e. The van der Waals surface area contributed by atoms with Crippen molar-refractivity contribution in [2.75, 3.05) is 0 Å². The van der Waals surface area contributed by atoms with E-state index in [1.165, 1.54) is 5.70 Å². The van der Waals surface area contributed by atoms with Crippen LogP contribution in [0.2, 0.25) is 0 Å². The Kier molecular flexibility index (Phi) is 3.81. The molecule has 0 aliphatic carbocycles. The molecule has 1 N–H and O–H groups in total. The maximum atomic E-state index is 10.9. The summed E-state index contributed by atoms with van der Waals surface area (Å²) in [4.78, 5) is 21.1. The Hall–Kier alpha value is -1.88. The monoisotopic (exact) mass is 222 g/mol. The number of hydrogen-bond donors (Lipinski definition) is 1. The first-order valence-electron chi connectivity index (χ1n) is 4.26. The molecule has 1 unspecified atom stereocenters. The Morgan fingerprint density at radius 3 is 2.40 bits per heavy atom. The minimum Gasteiger partial charge on any atom is -0.505 e. The molecule has 1 aromatic carbocycles. The molecule has 1 atom stereocenters. The van der Waals surface area contributed by atoms with Crippen molar-refractivity contribution in [3.63, 3.8) is 0 Å². The van der Waals surface area contributed by atoms with Gasteiger partial charge in [-0.2, -0.15) is 0 Å². The van der Waals surface area contributed by atoms with Crippen molar-refractivity contribution in [2.24, 2.45) is 0 Å². The summed E-state index contributed by atoms with van der Waals surface area (Å²) in [5.41, 5.74) is 1.51. The molecule has 0 saturated carbocycles. The van der Waals surface area contributed by atoms with Gasteiger partial charge in [-0.15, -0.1) is 6.58 Å². The van der Waals surface area contributed by atoms with Gasteiger partial charge in [-0.05, 0) is 5.19 Å². The second kappa shape index (κ2) is 5.11. The molecule has 0 radical (unpaired) electrons. The van der Waals surface area contributed by atoms with E-state index in [1.807, 2.05) is 6.07 Å². The lowest BCUT2D eigenvalue weighted by atomic mass is 10.4. The Morgan fingerprint density at radius 1 is 1.33 bits per heavy atom. The number of carbonyl (C=O) groups excluding carboxylic acids is 1. The third-order valence-corrected chi connectivity index (χ3v) is 3.69. The lowest BCUT2D eigenvalue weighted by molar-refractivity contribution is -0.158. The van der Waals surface area contributed by atoms with Crippen LogP contribution in [-0.2, 0) is 14.0 Å². The molecule has 0 aliphatic heterocycles. The second-order valence-electron chi connectivity index (χ2n) is 2.78. The van der Waals surface area contributed by atoms with E-state index in [4.69, 9.17) is 9.53 Å². The van der Waals surface area contributed by atoms with Crippen LogP contribution in [0.15, 0.2) is 42.6 Å². The minimum atomic E-state index is -2.15. The van der Waals surface area contributed by atoms with Gasteiger partial charge in [0.1, 0.15) is 0 Å². The molecule has 78 valence electrons. The highest BCUT2D eigenvalue weighted by Crippen LogP contribution is 1.93. The van der Waals surface area contributed by atoms with Crippen LogP contribution in [0.25, 0.3) is 0 Å². The summed E-state index contributed by atoms with van der Waals surface area (Å²) in [5.74, 6) is -2.80. The average molecular weight is 222 g/mol. The summed E-state index contributed by atoms with van der Waals surface area (Å²) in [6.45, 7) is 3.54. The number of benzene rings is 1. The van der Waals surface area contributed by atoms with E-state index in [0.717, 1.165) is 5.19 Å². The summed E-state index contributed by atoms with van der Waals surface area (Å²) >= 11 is 0. The third kappa shape index (κ3) is 3.06. The zero-order valence-electron chi connectivity index (χ0n) is 7.92. The van der Waals surface area contributed by atoms with Crippen LogP contribution in [0.4, 0.5) is 0 Å². The zero-order chi connectivity index (χ0) is 11.3. The second-order valence-corrected chi connectivity index (χ2v) is 4.99. The summed E-state index contributed by atoms with van der Waals surface area (Å²) in [7, 11) is -2.15. The standard InChI is InChI=1S/C10H10O4Si/c1-2-15(14-10(13)9(11)12)8-6-4-3-5-7-8/h2-7,15H,1H2,(H,11,12). The lowest BCUT2D eigenvalue weighted by Crippen LogP contribution is -2.36. The Labute approximate surface area is 88.5 Å². The van der Waals surface area contributed by atoms with Gasteiger partial charge in [-0.1, -0.05) is 36.0 Å². The van der Waals surface area contributed by atoms with E-state index in [-0.39, 0.29) is 0 Å². The molecule has 5 heteroatoms. The van der Waals surface area contributed by atoms with E-state index in [0.29, 0.717) is 0 Å². The molecule has 15 heavy (non-hydrogen) atoms. The summed E-state index contributed by atoms with van der Waals surface area (Å²) in [6, 6.07) is 9.00. The van der Waals surface area contributed by atoms with Crippen molar-refractivity contribution < 1.29 is 19.1 Å². The zero-order valence-corrected chi connectivity index (χ0v) is 9.08. The molecule has 0 aliphatic rings. The Bertz CT molecular complexity index is 374. The van der Waals surface area contributed by atoms with Crippen LogP contribution >= 0.6 is 0 Å². The van der Waals surface area contributed by atoms with Gasteiger partial charge in [-0.25, -0.2) is 9.59 Å². The van der Waals surface area contributed by atoms with Gasteiger partial charge < -0.3 is 9.53 Å². The number of carbonyl (C=O) groups is 2. The first-order valence-corrected chi connectivity index (χ1v) is 5.98. The molecule has 1 rings (SSSR count). The minimum absolute atomic E-state index is 0.821. The first-order chi connectivity index (χ1) is 7.15. The van der Waals surface area contributed by atoms with Gasteiger partial charge >= 0.3 is 11.9 Å².